The molecule has 0 aromatic heterocycles. The van der Waals surface area contributed by atoms with Crippen molar-refractivity contribution in [2.45, 2.75) is 19.8 Å². The number of benzene rings is 2. The summed E-state index contributed by atoms with van der Waals surface area (Å²) in [6.07, 6.45) is 1.74. The number of anilines is 1. The summed E-state index contributed by atoms with van der Waals surface area (Å²) in [6.45, 7) is 2.66. The van der Waals surface area contributed by atoms with Crippen LogP contribution in [0.2, 0.25) is 0 Å². The number of amides is 2. The minimum atomic E-state index is -0.440. The predicted octanol–water partition coefficient (Wildman–Crippen LogP) is 2.69. The number of hydrogen-bond acceptors (Lipinski definition) is 2. The van der Waals surface area contributed by atoms with E-state index >= 15 is 0 Å². The average Bonchev–Trinajstić information content (AvgIpc) is 2.53. The van der Waals surface area contributed by atoms with Crippen molar-refractivity contribution in [2.75, 3.05) is 11.4 Å². The SMILES string of the molecule is Cc1cccc(C(=O)N2CCCc3cc(C(N)=O)ccc32)c1. The Labute approximate surface area is 129 Å². The lowest BCUT2D eigenvalue weighted by molar-refractivity contribution is 0.0983. The van der Waals surface area contributed by atoms with Gasteiger partial charge < -0.3 is 10.6 Å². The molecule has 4 heteroatoms. The van der Waals surface area contributed by atoms with Crippen molar-refractivity contribution in [3.8, 4) is 0 Å². The van der Waals surface area contributed by atoms with Gasteiger partial charge >= 0.3 is 0 Å². The molecule has 2 amide bonds. The highest BCUT2D eigenvalue weighted by Gasteiger charge is 2.24. The zero-order chi connectivity index (χ0) is 15.7. The van der Waals surface area contributed by atoms with Crippen LogP contribution >= 0.6 is 0 Å². The smallest absolute Gasteiger partial charge is 0.258 e. The van der Waals surface area contributed by atoms with Crippen LogP contribution in [0.15, 0.2) is 42.5 Å². The molecule has 1 heterocycles. The summed E-state index contributed by atoms with van der Waals surface area (Å²) in [6, 6.07) is 12.9. The maximum Gasteiger partial charge on any atom is 0.258 e. The van der Waals surface area contributed by atoms with Crippen LogP contribution in [-0.2, 0) is 6.42 Å². The van der Waals surface area contributed by atoms with Gasteiger partial charge in [-0.3, -0.25) is 9.59 Å². The molecule has 0 saturated carbocycles. The van der Waals surface area contributed by atoms with E-state index in [1.165, 1.54) is 0 Å². The van der Waals surface area contributed by atoms with Crippen LogP contribution < -0.4 is 10.6 Å². The molecule has 0 fully saturated rings. The van der Waals surface area contributed by atoms with Gasteiger partial charge in [0.05, 0.1) is 0 Å². The molecule has 0 spiro atoms. The van der Waals surface area contributed by atoms with Crippen molar-refractivity contribution in [2.24, 2.45) is 5.73 Å². The molecule has 0 atom stereocenters. The lowest BCUT2D eigenvalue weighted by atomic mass is 9.98. The van der Waals surface area contributed by atoms with Gasteiger partial charge in [-0.05, 0) is 55.7 Å². The standard InChI is InChI=1S/C18H18N2O2/c1-12-4-2-5-15(10-12)18(22)20-9-3-6-13-11-14(17(19)21)7-8-16(13)20/h2,4-5,7-8,10-11H,3,6,9H2,1H3,(H2,19,21). The van der Waals surface area contributed by atoms with Crippen LogP contribution in [0.25, 0.3) is 0 Å². The molecule has 2 aromatic carbocycles. The third kappa shape index (κ3) is 2.60. The second-order valence-corrected chi connectivity index (χ2v) is 5.64. The second kappa shape index (κ2) is 5.64. The minimum absolute atomic E-state index is 0.00326. The van der Waals surface area contributed by atoms with Crippen molar-refractivity contribution in [1.82, 2.24) is 0 Å². The fourth-order valence-corrected chi connectivity index (χ4v) is 2.90. The maximum atomic E-state index is 12.8. The van der Waals surface area contributed by atoms with E-state index in [2.05, 4.69) is 0 Å². The molecule has 0 aliphatic carbocycles. The summed E-state index contributed by atoms with van der Waals surface area (Å²) in [7, 11) is 0. The van der Waals surface area contributed by atoms with Gasteiger partial charge in [0.2, 0.25) is 5.91 Å². The lowest BCUT2D eigenvalue weighted by Gasteiger charge is -2.30. The fourth-order valence-electron chi connectivity index (χ4n) is 2.90. The molecule has 4 nitrogen and oxygen atoms in total. The number of primary amides is 1. The minimum Gasteiger partial charge on any atom is -0.366 e. The summed E-state index contributed by atoms with van der Waals surface area (Å²) in [5.41, 5.74) is 9.45. The lowest BCUT2D eigenvalue weighted by Crippen LogP contribution is -2.35. The van der Waals surface area contributed by atoms with Crippen LogP contribution in [0.3, 0.4) is 0 Å². The molecule has 0 radical (unpaired) electrons. The van der Waals surface area contributed by atoms with E-state index in [-0.39, 0.29) is 5.91 Å². The summed E-state index contributed by atoms with van der Waals surface area (Å²) in [4.78, 5) is 25.9. The molecule has 2 aromatic rings. The van der Waals surface area contributed by atoms with Crippen LogP contribution in [0.1, 0.15) is 38.3 Å². The summed E-state index contributed by atoms with van der Waals surface area (Å²) in [5, 5.41) is 0. The van der Waals surface area contributed by atoms with E-state index in [1.807, 2.05) is 37.3 Å². The van der Waals surface area contributed by atoms with Crippen molar-refractivity contribution in [1.29, 1.82) is 0 Å². The molecule has 22 heavy (non-hydrogen) atoms. The van der Waals surface area contributed by atoms with Crippen molar-refractivity contribution in [3.05, 3.63) is 64.7 Å². The number of fused-ring (bicyclic) bond motifs is 1. The van der Waals surface area contributed by atoms with Gasteiger partial charge in [-0.25, -0.2) is 0 Å². The van der Waals surface area contributed by atoms with Gasteiger partial charge in [0, 0.05) is 23.4 Å². The summed E-state index contributed by atoms with van der Waals surface area (Å²) in [5.74, 6) is -0.443. The van der Waals surface area contributed by atoms with E-state index in [4.69, 9.17) is 5.73 Å². The Morgan fingerprint density at radius 3 is 2.64 bits per heavy atom. The highest BCUT2D eigenvalue weighted by Crippen LogP contribution is 2.29. The first kappa shape index (κ1) is 14.3. The topological polar surface area (TPSA) is 63.4 Å². The maximum absolute atomic E-state index is 12.8. The van der Waals surface area contributed by atoms with Gasteiger partial charge in [0.15, 0.2) is 0 Å². The van der Waals surface area contributed by atoms with E-state index in [9.17, 15) is 9.59 Å². The van der Waals surface area contributed by atoms with Gasteiger partial charge in [-0.2, -0.15) is 0 Å². The highest BCUT2D eigenvalue weighted by atomic mass is 16.2. The fraction of sp³-hybridized carbons (Fsp3) is 0.222. The number of hydrogen-bond donors (Lipinski definition) is 1. The first-order valence-corrected chi connectivity index (χ1v) is 7.37. The molecule has 0 saturated heterocycles. The number of rotatable bonds is 2. The zero-order valence-corrected chi connectivity index (χ0v) is 12.5. The molecular weight excluding hydrogens is 276 g/mol. The molecule has 2 N–H and O–H groups in total. The van der Waals surface area contributed by atoms with Gasteiger partial charge in [-0.1, -0.05) is 17.7 Å². The number of carbonyl (C=O) groups excluding carboxylic acids is 2. The predicted molar refractivity (Wildman–Crippen MR) is 86.1 cm³/mol. The Balaban J connectivity index is 1.98. The molecular formula is C18H18N2O2. The third-order valence-electron chi connectivity index (χ3n) is 3.99. The number of carbonyl (C=O) groups is 2. The Hall–Kier alpha value is -2.62. The van der Waals surface area contributed by atoms with E-state index in [0.717, 1.165) is 29.7 Å². The molecule has 112 valence electrons. The average molecular weight is 294 g/mol. The molecule has 1 aliphatic rings. The van der Waals surface area contributed by atoms with Crippen molar-refractivity contribution < 1.29 is 9.59 Å². The monoisotopic (exact) mass is 294 g/mol. The first-order valence-electron chi connectivity index (χ1n) is 7.37. The summed E-state index contributed by atoms with van der Waals surface area (Å²) < 4.78 is 0. The number of aryl methyl sites for hydroxylation is 2. The highest BCUT2D eigenvalue weighted by molar-refractivity contribution is 6.07. The Morgan fingerprint density at radius 1 is 1.09 bits per heavy atom. The molecule has 0 bridgehead atoms. The van der Waals surface area contributed by atoms with Gasteiger partial charge in [0.1, 0.15) is 0 Å². The van der Waals surface area contributed by atoms with Crippen LogP contribution in [0.5, 0.6) is 0 Å². The van der Waals surface area contributed by atoms with Crippen molar-refractivity contribution >= 4 is 17.5 Å². The quantitative estimate of drug-likeness (QED) is 0.925. The molecule has 1 aliphatic heterocycles. The van der Waals surface area contributed by atoms with E-state index in [1.54, 1.807) is 17.0 Å². The molecule has 3 rings (SSSR count). The number of nitrogens with two attached hydrogens (primary N) is 1. The second-order valence-electron chi connectivity index (χ2n) is 5.64. The van der Waals surface area contributed by atoms with Crippen LogP contribution in [0.4, 0.5) is 5.69 Å². The molecule has 0 unspecified atom stereocenters. The first-order chi connectivity index (χ1) is 10.6. The third-order valence-corrected chi connectivity index (χ3v) is 3.99. The van der Waals surface area contributed by atoms with Crippen LogP contribution in [-0.4, -0.2) is 18.4 Å². The number of nitrogens with zero attached hydrogens (tertiary/aromatic N) is 1. The Morgan fingerprint density at radius 2 is 1.91 bits per heavy atom. The Bertz CT molecular complexity index is 753. The van der Waals surface area contributed by atoms with Gasteiger partial charge in [-0.15, -0.1) is 0 Å². The van der Waals surface area contributed by atoms with E-state index < -0.39 is 5.91 Å². The van der Waals surface area contributed by atoms with Crippen LogP contribution in [0, 0.1) is 6.92 Å². The Kier molecular flexibility index (Phi) is 3.67. The summed E-state index contributed by atoms with van der Waals surface area (Å²) >= 11 is 0. The van der Waals surface area contributed by atoms with Gasteiger partial charge in [0.25, 0.3) is 5.91 Å². The normalized spacial score (nSPS) is 13.6. The van der Waals surface area contributed by atoms with E-state index in [0.29, 0.717) is 17.7 Å². The largest absolute Gasteiger partial charge is 0.366 e. The van der Waals surface area contributed by atoms with Crippen molar-refractivity contribution in [3.63, 3.8) is 0 Å². The zero-order valence-electron chi connectivity index (χ0n) is 12.5.